The number of nitrogens with zero attached hydrogens (tertiary/aromatic N) is 3. The van der Waals surface area contributed by atoms with Gasteiger partial charge in [0.25, 0.3) is 5.91 Å². The predicted molar refractivity (Wildman–Crippen MR) is 133 cm³/mol. The molecule has 1 aliphatic rings. The van der Waals surface area contributed by atoms with Gasteiger partial charge in [-0.3, -0.25) is 4.79 Å². The third-order valence-electron chi connectivity index (χ3n) is 5.85. The monoisotopic (exact) mass is 476 g/mol. The van der Waals surface area contributed by atoms with Gasteiger partial charge in [0.2, 0.25) is 0 Å². The molecule has 3 aromatic rings. The molecule has 8 nitrogen and oxygen atoms in total. The van der Waals surface area contributed by atoms with Crippen molar-refractivity contribution in [2.24, 2.45) is 0 Å². The van der Waals surface area contributed by atoms with Gasteiger partial charge >= 0.3 is 6.09 Å². The fraction of sp³-hybridized carbons (Fsp3) is 0.407. The quantitative estimate of drug-likeness (QED) is 0.587. The minimum Gasteiger partial charge on any atom is -0.491 e. The fourth-order valence-electron chi connectivity index (χ4n) is 4.19. The molecule has 0 radical (unpaired) electrons. The van der Waals surface area contributed by atoms with E-state index in [0.717, 1.165) is 22.0 Å². The van der Waals surface area contributed by atoms with Crippen LogP contribution in [0.15, 0.2) is 42.5 Å². The second-order valence-corrected chi connectivity index (χ2v) is 10.3. The van der Waals surface area contributed by atoms with Crippen molar-refractivity contribution in [1.82, 2.24) is 20.4 Å². The maximum atomic E-state index is 13.5. The fourth-order valence-corrected chi connectivity index (χ4v) is 4.19. The Balaban J connectivity index is 1.61. The summed E-state index contributed by atoms with van der Waals surface area (Å²) in [5.41, 5.74) is 1.29. The maximum Gasteiger partial charge on any atom is 0.410 e. The average Bonchev–Trinajstić information content (AvgIpc) is 3.00. The number of ether oxygens (including phenoxy) is 2. The molecule has 1 aromatic heterocycles. The average molecular weight is 477 g/mol. The second-order valence-electron chi connectivity index (χ2n) is 10.3. The lowest BCUT2D eigenvalue weighted by Gasteiger charge is -2.27. The van der Waals surface area contributed by atoms with Crippen LogP contribution in [0.2, 0.25) is 0 Å². The number of nitrogens with one attached hydrogen (secondary N) is 1. The SMILES string of the molecule is Cc1nnc(C(C)(C)NC(=O)c2cccc3c2OCCN(C(=O)OC(C)(C)C)C3)c2ccccc12. The number of carbonyl (C=O) groups excluding carboxylic acids is 2. The topological polar surface area (TPSA) is 93.6 Å². The summed E-state index contributed by atoms with van der Waals surface area (Å²) in [5.74, 6) is 0.190. The lowest BCUT2D eigenvalue weighted by molar-refractivity contribution is 0.0225. The summed E-state index contributed by atoms with van der Waals surface area (Å²) in [6.45, 7) is 12.1. The van der Waals surface area contributed by atoms with Crippen LogP contribution in [0.25, 0.3) is 10.8 Å². The smallest absolute Gasteiger partial charge is 0.410 e. The van der Waals surface area contributed by atoms with E-state index in [1.165, 1.54) is 0 Å². The van der Waals surface area contributed by atoms with Gasteiger partial charge in [-0.25, -0.2) is 4.79 Å². The van der Waals surface area contributed by atoms with Crippen LogP contribution in [0.5, 0.6) is 5.75 Å². The summed E-state index contributed by atoms with van der Waals surface area (Å²) < 4.78 is 11.5. The molecule has 2 heterocycles. The number of carbonyl (C=O) groups is 2. The minimum atomic E-state index is -0.798. The molecule has 2 aromatic carbocycles. The Morgan fingerprint density at radius 2 is 1.71 bits per heavy atom. The van der Waals surface area contributed by atoms with E-state index in [4.69, 9.17) is 9.47 Å². The molecule has 4 rings (SSSR count). The number of hydrogen-bond donors (Lipinski definition) is 1. The van der Waals surface area contributed by atoms with Crippen LogP contribution in [-0.4, -0.2) is 45.9 Å². The van der Waals surface area contributed by atoms with Gasteiger partial charge in [-0.15, -0.1) is 0 Å². The van der Waals surface area contributed by atoms with Gasteiger partial charge in [0, 0.05) is 16.3 Å². The molecule has 0 atom stereocenters. The lowest BCUT2D eigenvalue weighted by atomic mass is 9.94. The van der Waals surface area contributed by atoms with E-state index in [1.807, 2.05) is 71.9 Å². The van der Waals surface area contributed by atoms with Crippen LogP contribution in [0.1, 0.15) is 61.9 Å². The van der Waals surface area contributed by atoms with Crippen LogP contribution in [-0.2, 0) is 16.8 Å². The molecule has 0 bridgehead atoms. The molecule has 1 aliphatic heterocycles. The number of amides is 2. The number of aromatic nitrogens is 2. The first-order valence-electron chi connectivity index (χ1n) is 11.7. The molecule has 0 fully saturated rings. The Morgan fingerprint density at radius 3 is 2.43 bits per heavy atom. The molecular formula is C27H32N4O4. The first-order valence-corrected chi connectivity index (χ1v) is 11.7. The molecule has 1 N–H and O–H groups in total. The van der Waals surface area contributed by atoms with E-state index in [2.05, 4.69) is 15.5 Å². The highest BCUT2D eigenvalue weighted by molar-refractivity contribution is 5.98. The molecule has 184 valence electrons. The van der Waals surface area contributed by atoms with Crippen LogP contribution >= 0.6 is 0 Å². The normalized spacial score (nSPS) is 14.1. The van der Waals surface area contributed by atoms with Crippen molar-refractivity contribution in [3.63, 3.8) is 0 Å². The van der Waals surface area contributed by atoms with Crippen LogP contribution in [0.3, 0.4) is 0 Å². The van der Waals surface area contributed by atoms with E-state index in [9.17, 15) is 9.59 Å². The Kier molecular flexibility index (Phi) is 6.40. The van der Waals surface area contributed by atoms with Gasteiger partial charge in [-0.1, -0.05) is 36.4 Å². The molecule has 0 saturated carbocycles. The molecule has 0 spiro atoms. The van der Waals surface area contributed by atoms with Crippen molar-refractivity contribution < 1.29 is 19.1 Å². The summed E-state index contributed by atoms with van der Waals surface area (Å²) in [6.07, 6.45) is -0.408. The zero-order valence-corrected chi connectivity index (χ0v) is 21.1. The van der Waals surface area contributed by atoms with Crippen molar-refractivity contribution in [2.75, 3.05) is 13.2 Å². The minimum absolute atomic E-state index is 0.258. The molecular weight excluding hydrogens is 444 g/mol. The first-order chi connectivity index (χ1) is 16.5. The van der Waals surface area contributed by atoms with Gasteiger partial charge in [0.05, 0.1) is 35.6 Å². The zero-order chi connectivity index (χ0) is 25.4. The van der Waals surface area contributed by atoms with Crippen molar-refractivity contribution in [2.45, 2.75) is 59.2 Å². The Hall–Kier alpha value is -3.68. The number of fused-ring (bicyclic) bond motifs is 2. The van der Waals surface area contributed by atoms with Crippen molar-refractivity contribution in [3.8, 4) is 5.75 Å². The molecule has 2 amide bonds. The summed E-state index contributed by atoms with van der Waals surface area (Å²) in [5, 5.41) is 13.8. The van der Waals surface area contributed by atoms with Crippen molar-refractivity contribution >= 4 is 22.8 Å². The van der Waals surface area contributed by atoms with Gasteiger partial charge in [0.1, 0.15) is 18.0 Å². The number of hydrogen-bond acceptors (Lipinski definition) is 6. The van der Waals surface area contributed by atoms with Crippen molar-refractivity contribution in [1.29, 1.82) is 0 Å². The van der Waals surface area contributed by atoms with Gasteiger partial charge in [-0.2, -0.15) is 10.2 Å². The summed E-state index contributed by atoms with van der Waals surface area (Å²) in [7, 11) is 0. The van der Waals surface area contributed by atoms with E-state index in [0.29, 0.717) is 30.1 Å². The van der Waals surface area contributed by atoms with E-state index in [-0.39, 0.29) is 12.5 Å². The third kappa shape index (κ3) is 5.21. The summed E-state index contributed by atoms with van der Waals surface area (Å²) in [4.78, 5) is 27.7. The zero-order valence-electron chi connectivity index (χ0n) is 21.1. The number of rotatable bonds is 3. The predicted octanol–water partition coefficient (Wildman–Crippen LogP) is 4.73. The van der Waals surface area contributed by atoms with Crippen molar-refractivity contribution in [3.05, 3.63) is 65.0 Å². The maximum absolute atomic E-state index is 13.5. The second kappa shape index (κ2) is 9.17. The molecule has 8 heteroatoms. The van der Waals surface area contributed by atoms with E-state index < -0.39 is 17.2 Å². The van der Waals surface area contributed by atoms with Crippen LogP contribution < -0.4 is 10.1 Å². The molecule has 0 unspecified atom stereocenters. The Bertz CT molecular complexity index is 1280. The molecule has 35 heavy (non-hydrogen) atoms. The number of aryl methyl sites for hydroxylation is 1. The third-order valence-corrected chi connectivity index (χ3v) is 5.85. The summed E-state index contributed by atoms with van der Waals surface area (Å²) >= 11 is 0. The molecule has 0 aliphatic carbocycles. The lowest BCUT2D eigenvalue weighted by Crippen LogP contribution is -2.42. The number of para-hydroxylation sites is 1. The highest BCUT2D eigenvalue weighted by atomic mass is 16.6. The Labute approximate surface area is 205 Å². The van der Waals surface area contributed by atoms with E-state index >= 15 is 0 Å². The van der Waals surface area contributed by atoms with Gasteiger partial charge in [0.15, 0.2) is 0 Å². The highest BCUT2D eigenvalue weighted by Gasteiger charge is 2.31. The van der Waals surface area contributed by atoms with Crippen LogP contribution in [0, 0.1) is 6.92 Å². The highest BCUT2D eigenvalue weighted by Crippen LogP contribution is 2.31. The number of benzene rings is 2. The van der Waals surface area contributed by atoms with Gasteiger partial charge < -0.3 is 19.7 Å². The first kappa shape index (κ1) is 24.4. The summed E-state index contributed by atoms with van der Waals surface area (Å²) in [6, 6.07) is 13.3. The van der Waals surface area contributed by atoms with E-state index in [1.54, 1.807) is 17.0 Å². The van der Waals surface area contributed by atoms with Gasteiger partial charge in [-0.05, 0) is 47.6 Å². The Morgan fingerprint density at radius 1 is 1.00 bits per heavy atom. The largest absolute Gasteiger partial charge is 0.491 e. The van der Waals surface area contributed by atoms with Crippen LogP contribution in [0.4, 0.5) is 4.79 Å². The molecule has 0 saturated heterocycles. The standard InChI is InChI=1S/C27H32N4O4/c1-17-19-11-7-8-12-20(19)23(30-29-17)27(5,6)28-24(32)21-13-9-10-18-16-31(14-15-34-22(18)21)25(33)35-26(2,3)4/h7-13H,14-16H2,1-6H3,(H,28,32).